The van der Waals surface area contributed by atoms with E-state index in [4.69, 9.17) is 0 Å². The van der Waals surface area contributed by atoms with Crippen LogP contribution < -0.4 is 16.0 Å². The minimum Gasteiger partial charge on any atom is -0.350 e. The van der Waals surface area contributed by atoms with Gasteiger partial charge in [-0.2, -0.15) is 5.10 Å². The van der Waals surface area contributed by atoms with Crippen molar-refractivity contribution >= 4 is 17.5 Å². The van der Waals surface area contributed by atoms with E-state index in [0.717, 1.165) is 31.5 Å². The van der Waals surface area contributed by atoms with Crippen LogP contribution in [0, 0.1) is 6.92 Å². The molecular formula is C20H27N5O2. The van der Waals surface area contributed by atoms with E-state index in [1.54, 1.807) is 24.3 Å². The summed E-state index contributed by atoms with van der Waals surface area (Å²) < 4.78 is 1.87. The molecule has 0 aliphatic carbocycles. The van der Waals surface area contributed by atoms with Crippen molar-refractivity contribution < 1.29 is 9.59 Å². The zero-order valence-electron chi connectivity index (χ0n) is 16.1. The molecule has 3 rings (SSSR count). The normalized spacial score (nSPS) is 17.0. The Morgan fingerprint density at radius 2 is 2.07 bits per heavy atom. The largest absolute Gasteiger partial charge is 0.350 e. The first-order valence-electron chi connectivity index (χ1n) is 9.43. The van der Waals surface area contributed by atoms with E-state index in [2.05, 4.69) is 21.0 Å². The van der Waals surface area contributed by atoms with Gasteiger partial charge in [-0.25, -0.2) is 0 Å². The molecule has 1 aromatic heterocycles. The van der Waals surface area contributed by atoms with Crippen molar-refractivity contribution in [1.29, 1.82) is 0 Å². The number of nitrogens with zero attached hydrogens (tertiary/aromatic N) is 2. The van der Waals surface area contributed by atoms with Crippen LogP contribution in [0.5, 0.6) is 0 Å². The fraction of sp³-hybridized carbons (Fsp3) is 0.450. The lowest BCUT2D eigenvalue weighted by Crippen LogP contribution is -2.32. The fourth-order valence-corrected chi connectivity index (χ4v) is 3.20. The van der Waals surface area contributed by atoms with Gasteiger partial charge in [0.05, 0.1) is 6.04 Å². The molecule has 1 atom stereocenters. The number of aryl methyl sites for hydroxylation is 1. The van der Waals surface area contributed by atoms with Crippen LogP contribution in [0.15, 0.2) is 30.5 Å². The van der Waals surface area contributed by atoms with Crippen LogP contribution in [-0.2, 0) is 0 Å². The molecule has 1 aliphatic rings. The summed E-state index contributed by atoms with van der Waals surface area (Å²) >= 11 is 0. The third kappa shape index (κ3) is 4.74. The van der Waals surface area contributed by atoms with Gasteiger partial charge in [0.1, 0.15) is 0 Å². The third-order valence-corrected chi connectivity index (χ3v) is 4.64. The molecule has 0 radical (unpaired) electrons. The summed E-state index contributed by atoms with van der Waals surface area (Å²) in [6, 6.07) is 7.35. The monoisotopic (exact) mass is 369 g/mol. The summed E-state index contributed by atoms with van der Waals surface area (Å²) in [4.78, 5) is 24.6. The van der Waals surface area contributed by atoms with Crippen molar-refractivity contribution in [1.82, 2.24) is 20.4 Å². The van der Waals surface area contributed by atoms with Gasteiger partial charge in [-0.15, -0.1) is 0 Å². The van der Waals surface area contributed by atoms with Gasteiger partial charge in [0.2, 0.25) is 0 Å². The molecule has 3 N–H and O–H groups in total. The average Bonchev–Trinajstić information content (AvgIpc) is 3.14. The number of hydrogen-bond acceptors (Lipinski definition) is 4. The maximum absolute atomic E-state index is 12.5. The van der Waals surface area contributed by atoms with E-state index in [0.29, 0.717) is 23.0 Å². The molecule has 1 aromatic carbocycles. The van der Waals surface area contributed by atoms with Gasteiger partial charge in [-0.3, -0.25) is 14.3 Å². The predicted molar refractivity (Wildman–Crippen MR) is 105 cm³/mol. The number of carbonyl (C=O) groups is 2. The Balaban J connectivity index is 1.67. The number of nitrogens with one attached hydrogen (secondary N) is 3. The van der Waals surface area contributed by atoms with E-state index < -0.39 is 0 Å². The number of hydrogen-bond donors (Lipinski definition) is 3. The second kappa shape index (κ2) is 8.35. The molecule has 0 spiro atoms. The molecule has 0 bridgehead atoms. The number of piperidine rings is 1. The molecule has 2 amide bonds. The Kier molecular flexibility index (Phi) is 5.91. The fourth-order valence-electron chi connectivity index (χ4n) is 3.20. The van der Waals surface area contributed by atoms with E-state index in [1.807, 2.05) is 31.6 Å². The van der Waals surface area contributed by atoms with Crippen molar-refractivity contribution in [2.24, 2.45) is 0 Å². The van der Waals surface area contributed by atoms with Crippen LogP contribution >= 0.6 is 0 Å². The molecule has 2 aromatic rings. The van der Waals surface area contributed by atoms with Crippen LogP contribution in [0.1, 0.15) is 59.1 Å². The number of anilines is 1. The van der Waals surface area contributed by atoms with Crippen LogP contribution in [-0.4, -0.2) is 40.7 Å². The molecule has 1 fully saturated rings. The van der Waals surface area contributed by atoms with Crippen molar-refractivity contribution in [3.63, 3.8) is 0 Å². The van der Waals surface area contributed by atoms with Gasteiger partial charge in [0, 0.05) is 30.0 Å². The maximum atomic E-state index is 12.5. The smallest absolute Gasteiger partial charge is 0.276 e. The summed E-state index contributed by atoms with van der Waals surface area (Å²) in [7, 11) is 0. The van der Waals surface area contributed by atoms with Gasteiger partial charge in [0.25, 0.3) is 11.8 Å². The SMILES string of the molecule is Cc1cc(C(=O)NC(C)C)ccc1NC(=O)c1ccn(C2CCCNC2)n1. The summed E-state index contributed by atoms with van der Waals surface area (Å²) in [5.74, 6) is -0.370. The van der Waals surface area contributed by atoms with Crippen LogP contribution in [0.2, 0.25) is 0 Å². The van der Waals surface area contributed by atoms with Gasteiger partial charge < -0.3 is 16.0 Å². The second-order valence-electron chi connectivity index (χ2n) is 7.29. The number of rotatable bonds is 5. The molecule has 1 unspecified atom stereocenters. The number of aromatic nitrogens is 2. The van der Waals surface area contributed by atoms with Crippen LogP contribution in [0.4, 0.5) is 5.69 Å². The third-order valence-electron chi connectivity index (χ3n) is 4.64. The quantitative estimate of drug-likeness (QED) is 0.756. The Labute approximate surface area is 159 Å². The molecule has 0 saturated carbocycles. The topological polar surface area (TPSA) is 88.0 Å². The van der Waals surface area contributed by atoms with Crippen LogP contribution in [0.3, 0.4) is 0 Å². The number of benzene rings is 1. The Hall–Kier alpha value is -2.67. The van der Waals surface area contributed by atoms with Gasteiger partial charge >= 0.3 is 0 Å². The molecule has 1 aliphatic heterocycles. The summed E-state index contributed by atoms with van der Waals surface area (Å²) in [5.41, 5.74) is 2.47. The molecule has 27 heavy (non-hydrogen) atoms. The lowest BCUT2D eigenvalue weighted by atomic mass is 10.1. The highest BCUT2D eigenvalue weighted by Crippen LogP contribution is 2.19. The Morgan fingerprint density at radius 3 is 2.74 bits per heavy atom. The van der Waals surface area contributed by atoms with E-state index >= 15 is 0 Å². The maximum Gasteiger partial charge on any atom is 0.276 e. The molecular weight excluding hydrogens is 342 g/mol. The highest BCUT2D eigenvalue weighted by molar-refractivity contribution is 6.03. The molecule has 7 nitrogen and oxygen atoms in total. The highest BCUT2D eigenvalue weighted by atomic mass is 16.2. The van der Waals surface area contributed by atoms with E-state index in [-0.39, 0.29) is 17.9 Å². The van der Waals surface area contributed by atoms with E-state index in [1.165, 1.54) is 0 Å². The van der Waals surface area contributed by atoms with Gasteiger partial charge in [0.15, 0.2) is 5.69 Å². The minimum absolute atomic E-state index is 0.0756. The first-order valence-corrected chi connectivity index (χ1v) is 9.43. The second-order valence-corrected chi connectivity index (χ2v) is 7.29. The predicted octanol–water partition coefficient (Wildman–Crippen LogP) is 2.51. The van der Waals surface area contributed by atoms with Crippen molar-refractivity contribution in [2.45, 2.75) is 45.7 Å². The van der Waals surface area contributed by atoms with Crippen molar-refractivity contribution in [3.8, 4) is 0 Å². The van der Waals surface area contributed by atoms with Crippen molar-refractivity contribution in [3.05, 3.63) is 47.3 Å². The summed E-state index contributed by atoms with van der Waals surface area (Å²) in [6.45, 7) is 7.62. The first kappa shape index (κ1) is 19.1. The van der Waals surface area contributed by atoms with Gasteiger partial charge in [-0.05, 0) is 70.0 Å². The lowest BCUT2D eigenvalue weighted by Gasteiger charge is -2.22. The first-order chi connectivity index (χ1) is 12.9. The zero-order chi connectivity index (χ0) is 19.4. The Bertz CT molecular complexity index is 822. The van der Waals surface area contributed by atoms with Gasteiger partial charge in [-0.1, -0.05) is 0 Å². The summed E-state index contributed by atoms with van der Waals surface area (Å²) in [6.07, 6.45) is 4.04. The standard InChI is InChI=1S/C20H27N5O2/c1-13(2)22-19(26)15-6-7-17(14(3)11-15)23-20(27)18-8-10-25(24-18)16-5-4-9-21-12-16/h6-8,10-11,13,16,21H,4-5,9,12H2,1-3H3,(H,22,26)(H,23,27). The highest BCUT2D eigenvalue weighted by Gasteiger charge is 2.18. The molecule has 2 heterocycles. The Morgan fingerprint density at radius 1 is 1.26 bits per heavy atom. The molecule has 1 saturated heterocycles. The van der Waals surface area contributed by atoms with Crippen molar-refractivity contribution in [2.75, 3.05) is 18.4 Å². The van der Waals surface area contributed by atoms with E-state index in [9.17, 15) is 9.59 Å². The van der Waals surface area contributed by atoms with Crippen LogP contribution in [0.25, 0.3) is 0 Å². The average molecular weight is 369 g/mol. The number of carbonyl (C=O) groups excluding carboxylic acids is 2. The number of amides is 2. The zero-order valence-corrected chi connectivity index (χ0v) is 16.1. The molecule has 144 valence electrons. The lowest BCUT2D eigenvalue weighted by molar-refractivity contribution is 0.0942. The summed E-state index contributed by atoms with van der Waals surface area (Å²) in [5, 5.41) is 13.5. The minimum atomic E-state index is -0.250. The molecule has 7 heteroatoms.